The lowest BCUT2D eigenvalue weighted by Gasteiger charge is -2.67. The number of hydrogen-bond donors (Lipinski definition) is 2. The molecule has 0 bridgehead atoms. The Morgan fingerprint density at radius 1 is 1.32 bits per heavy atom. The summed E-state index contributed by atoms with van der Waals surface area (Å²) in [4.78, 5) is 24.6. The third-order valence-corrected chi connectivity index (χ3v) is 11.6. The Hall–Kier alpha value is -1.27. The zero-order valence-electron chi connectivity index (χ0n) is 18.4. The van der Waals surface area contributed by atoms with Crippen LogP contribution in [0.2, 0.25) is 0 Å². The van der Waals surface area contributed by atoms with Crippen LogP contribution in [0.25, 0.3) is 0 Å². The molecule has 0 unspecified atom stereocenters. The van der Waals surface area contributed by atoms with Crippen LogP contribution in [0.3, 0.4) is 0 Å². The van der Waals surface area contributed by atoms with E-state index >= 15 is 0 Å². The normalized spacial score (nSPS) is 40.0. The molecule has 0 saturated heterocycles. The van der Waals surface area contributed by atoms with Crippen LogP contribution in [0.4, 0.5) is 0 Å². The quantitative estimate of drug-likeness (QED) is 0.512. The second-order valence-electron chi connectivity index (χ2n) is 10.8. The van der Waals surface area contributed by atoms with Crippen molar-refractivity contribution in [2.45, 2.75) is 75.7 Å². The van der Waals surface area contributed by atoms with E-state index in [1.54, 1.807) is 6.07 Å². The molecule has 1 spiro atoms. The number of carbonyl (C=O) groups excluding carboxylic acids is 1. The molecule has 0 aromatic heterocycles. The van der Waals surface area contributed by atoms with Gasteiger partial charge in [-0.3, -0.25) is 4.79 Å². The fraction of sp³-hybridized carbons (Fsp3) is 0.667. The van der Waals surface area contributed by atoms with Crippen LogP contribution in [-0.2, 0) is 13.0 Å². The van der Waals surface area contributed by atoms with Gasteiger partial charge in [-0.15, -0.1) is 11.6 Å². The molecule has 2 heterocycles. The minimum atomic E-state index is -1.07. The van der Waals surface area contributed by atoms with E-state index in [1.165, 1.54) is 0 Å². The Labute approximate surface area is 196 Å². The van der Waals surface area contributed by atoms with Crippen molar-refractivity contribution in [1.82, 2.24) is 5.32 Å². The lowest BCUT2D eigenvalue weighted by atomic mass is 9.44. The first kappa shape index (κ1) is 21.6. The number of benzene rings is 1. The summed E-state index contributed by atoms with van der Waals surface area (Å²) in [5.74, 6) is 0.0108. The molecule has 0 radical (unpaired) electrons. The molecule has 6 atom stereocenters. The molecule has 2 saturated carbocycles. The highest BCUT2D eigenvalue weighted by atomic mass is 79.9. The van der Waals surface area contributed by atoms with E-state index < -0.39 is 11.6 Å². The van der Waals surface area contributed by atoms with Gasteiger partial charge in [-0.2, -0.15) is 0 Å². The predicted octanol–water partition coefficient (Wildman–Crippen LogP) is 5.16. The van der Waals surface area contributed by atoms with Crippen LogP contribution < -0.4 is 10.1 Å². The monoisotopic (exact) mass is 509 g/mol. The Balaban J connectivity index is 1.75. The van der Waals surface area contributed by atoms with E-state index in [0.29, 0.717) is 29.7 Å². The smallest absolute Gasteiger partial charge is 0.336 e. The van der Waals surface area contributed by atoms with Gasteiger partial charge in [-0.25, -0.2) is 4.79 Å². The van der Waals surface area contributed by atoms with E-state index in [1.807, 2.05) is 0 Å². The SMILES string of the molecule is C[C@H]1CC[C@H]2C(C)(C)[C@@H](Br)[C@H](Cl)C[C@]23Oc2c(cc(C(=O)O)c4c2CNC4=O)C[C@]13C. The van der Waals surface area contributed by atoms with Crippen molar-refractivity contribution >= 4 is 39.4 Å². The van der Waals surface area contributed by atoms with E-state index in [4.69, 9.17) is 16.3 Å². The maximum absolute atomic E-state index is 12.5. The summed E-state index contributed by atoms with van der Waals surface area (Å²) in [6, 6.07) is 1.68. The average Bonchev–Trinajstić information content (AvgIpc) is 3.07. The molecule has 2 aliphatic heterocycles. The van der Waals surface area contributed by atoms with Crippen LogP contribution in [0, 0.1) is 22.7 Å². The summed E-state index contributed by atoms with van der Waals surface area (Å²) in [5, 5.41) is 12.5. The van der Waals surface area contributed by atoms with Crippen LogP contribution in [0.5, 0.6) is 5.75 Å². The van der Waals surface area contributed by atoms with Crippen molar-refractivity contribution in [3.05, 3.63) is 28.3 Å². The Kier molecular flexibility index (Phi) is 4.61. The molecule has 1 aromatic carbocycles. The lowest BCUT2D eigenvalue weighted by molar-refractivity contribution is -0.207. The highest BCUT2D eigenvalue weighted by molar-refractivity contribution is 9.09. The van der Waals surface area contributed by atoms with Gasteiger partial charge in [0, 0.05) is 34.7 Å². The number of fused-ring (bicyclic) bond motifs is 3. The Bertz CT molecular complexity index is 1010. The number of rotatable bonds is 1. The standard InChI is InChI=1S/C24H29BrClNO4/c1-11-5-6-16-22(2,3)19(25)15(26)9-24(16)23(11,4)8-12-7-13(21(29)30)17-14(18(12)31-24)10-27-20(17)28/h7,11,15-16,19H,5-6,8-10H2,1-4H3,(H,27,28)(H,29,30)/t11-,15+,16-,19-,23+,24-/m0/s1. The molecule has 2 fully saturated rings. The number of carbonyl (C=O) groups is 2. The molecule has 1 aromatic rings. The second-order valence-corrected chi connectivity index (χ2v) is 12.4. The molecular formula is C24H29BrClNO4. The molecular weight excluding hydrogens is 482 g/mol. The molecule has 5 rings (SSSR count). The Morgan fingerprint density at radius 3 is 2.71 bits per heavy atom. The first-order valence-electron chi connectivity index (χ1n) is 11.1. The second kappa shape index (κ2) is 6.63. The molecule has 1 amide bonds. The van der Waals surface area contributed by atoms with Crippen LogP contribution in [0.1, 0.15) is 78.8 Å². The summed E-state index contributed by atoms with van der Waals surface area (Å²) in [7, 11) is 0. The Morgan fingerprint density at radius 2 is 2.03 bits per heavy atom. The molecule has 2 N–H and O–H groups in total. The highest BCUT2D eigenvalue weighted by Crippen LogP contribution is 2.67. The predicted molar refractivity (Wildman–Crippen MR) is 122 cm³/mol. The highest BCUT2D eigenvalue weighted by Gasteiger charge is 2.69. The zero-order chi connectivity index (χ0) is 22.5. The molecule has 2 aliphatic carbocycles. The minimum Gasteiger partial charge on any atom is -0.486 e. The fourth-order valence-corrected chi connectivity index (χ4v) is 8.27. The maximum Gasteiger partial charge on any atom is 0.336 e. The summed E-state index contributed by atoms with van der Waals surface area (Å²) >= 11 is 10.8. The number of nitrogens with one attached hydrogen (secondary N) is 1. The van der Waals surface area contributed by atoms with Gasteiger partial charge in [0.1, 0.15) is 11.4 Å². The summed E-state index contributed by atoms with van der Waals surface area (Å²) in [6.07, 6.45) is 3.63. The summed E-state index contributed by atoms with van der Waals surface area (Å²) < 4.78 is 7.09. The number of amides is 1. The van der Waals surface area contributed by atoms with E-state index in [-0.39, 0.29) is 38.1 Å². The van der Waals surface area contributed by atoms with Gasteiger partial charge in [0.2, 0.25) is 0 Å². The van der Waals surface area contributed by atoms with Gasteiger partial charge in [-0.1, -0.05) is 43.6 Å². The number of carboxylic acids is 1. The maximum atomic E-state index is 12.5. The van der Waals surface area contributed by atoms with Gasteiger partial charge >= 0.3 is 5.97 Å². The van der Waals surface area contributed by atoms with Crippen molar-refractivity contribution < 1.29 is 19.4 Å². The first-order valence-corrected chi connectivity index (χ1v) is 12.5. The summed E-state index contributed by atoms with van der Waals surface area (Å²) in [5.41, 5.74) is 1.22. The molecule has 31 heavy (non-hydrogen) atoms. The van der Waals surface area contributed by atoms with Crippen LogP contribution in [-0.4, -0.2) is 32.8 Å². The van der Waals surface area contributed by atoms with Gasteiger partial charge in [-0.05, 0) is 42.2 Å². The summed E-state index contributed by atoms with van der Waals surface area (Å²) in [6.45, 7) is 9.47. The molecule has 5 nitrogen and oxygen atoms in total. The van der Waals surface area contributed by atoms with Crippen LogP contribution >= 0.6 is 27.5 Å². The van der Waals surface area contributed by atoms with Crippen LogP contribution in [0.15, 0.2) is 6.07 Å². The number of carboxylic acid groups (broad SMARTS) is 1. The van der Waals surface area contributed by atoms with Gasteiger partial charge < -0.3 is 15.2 Å². The first-order chi connectivity index (χ1) is 14.4. The minimum absolute atomic E-state index is 0.0676. The number of ether oxygens (including phenoxy) is 1. The molecule has 7 heteroatoms. The topological polar surface area (TPSA) is 75.6 Å². The number of hydrogen-bond acceptors (Lipinski definition) is 3. The molecule has 168 valence electrons. The largest absolute Gasteiger partial charge is 0.486 e. The van der Waals surface area contributed by atoms with E-state index in [0.717, 1.165) is 31.2 Å². The van der Waals surface area contributed by atoms with E-state index in [9.17, 15) is 14.7 Å². The number of halogens is 2. The van der Waals surface area contributed by atoms with Crippen molar-refractivity contribution in [2.24, 2.45) is 22.7 Å². The van der Waals surface area contributed by atoms with Gasteiger partial charge in [0.25, 0.3) is 5.91 Å². The molecule has 4 aliphatic rings. The lowest BCUT2D eigenvalue weighted by Crippen LogP contribution is -2.71. The van der Waals surface area contributed by atoms with Crippen molar-refractivity contribution in [3.8, 4) is 5.75 Å². The third-order valence-electron chi connectivity index (χ3n) is 9.11. The number of aromatic carboxylic acids is 1. The van der Waals surface area contributed by atoms with Crippen molar-refractivity contribution in [1.29, 1.82) is 0 Å². The van der Waals surface area contributed by atoms with Crippen molar-refractivity contribution in [2.75, 3.05) is 0 Å². The van der Waals surface area contributed by atoms with Crippen molar-refractivity contribution in [3.63, 3.8) is 0 Å². The van der Waals surface area contributed by atoms with E-state index in [2.05, 4.69) is 48.9 Å². The fourth-order valence-electron chi connectivity index (χ4n) is 7.21. The average molecular weight is 511 g/mol. The third kappa shape index (κ3) is 2.61. The van der Waals surface area contributed by atoms with Gasteiger partial charge in [0.05, 0.1) is 16.5 Å². The van der Waals surface area contributed by atoms with Gasteiger partial charge in [0.15, 0.2) is 0 Å². The number of alkyl halides is 2. The zero-order valence-corrected chi connectivity index (χ0v) is 20.7.